The number of ether oxygens (including phenoxy) is 1. The van der Waals surface area contributed by atoms with Crippen LogP contribution in [0, 0.1) is 5.82 Å². The third kappa shape index (κ3) is 2.58. The van der Waals surface area contributed by atoms with E-state index in [0.717, 1.165) is 0 Å². The molecule has 1 aromatic heterocycles. The Kier molecular flexibility index (Phi) is 3.45. The van der Waals surface area contributed by atoms with Crippen LogP contribution < -0.4 is 10.5 Å². The summed E-state index contributed by atoms with van der Waals surface area (Å²) in [5.41, 5.74) is 5.83. The molecular formula is C12H15FN4O. The van der Waals surface area contributed by atoms with Crippen molar-refractivity contribution in [2.45, 2.75) is 26.5 Å². The van der Waals surface area contributed by atoms with Crippen LogP contribution in [0.2, 0.25) is 0 Å². The maximum Gasteiger partial charge on any atom is 0.167 e. The molecule has 2 N–H and O–H groups in total. The van der Waals surface area contributed by atoms with Gasteiger partial charge in [0.25, 0.3) is 0 Å². The molecule has 0 bridgehead atoms. The molecule has 0 saturated carbocycles. The number of nitrogens with two attached hydrogens (primary N) is 1. The fourth-order valence-corrected chi connectivity index (χ4v) is 1.59. The number of halogens is 1. The van der Waals surface area contributed by atoms with E-state index in [4.69, 9.17) is 10.5 Å². The minimum Gasteiger partial charge on any atom is -0.483 e. The van der Waals surface area contributed by atoms with Gasteiger partial charge in [-0.1, -0.05) is 0 Å². The summed E-state index contributed by atoms with van der Waals surface area (Å²) in [4.78, 5) is 4.08. The Morgan fingerprint density at radius 2 is 2.22 bits per heavy atom. The van der Waals surface area contributed by atoms with Crippen molar-refractivity contribution in [1.82, 2.24) is 14.8 Å². The molecule has 0 radical (unpaired) electrons. The number of hydrogen-bond donors (Lipinski definition) is 1. The van der Waals surface area contributed by atoms with Crippen molar-refractivity contribution in [3.63, 3.8) is 0 Å². The van der Waals surface area contributed by atoms with Gasteiger partial charge < -0.3 is 10.5 Å². The summed E-state index contributed by atoms with van der Waals surface area (Å²) in [5.74, 6) is 0.328. The molecule has 1 aromatic carbocycles. The highest BCUT2D eigenvalue weighted by Gasteiger charge is 2.10. The quantitative estimate of drug-likeness (QED) is 0.844. The van der Waals surface area contributed by atoms with Crippen LogP contribution in [0.3, 0.4) is 0 Å². The number of aromatic nitrogens is 3. The Morgan fingerprint density at radius 1 is 1.44 bits per heavy atom. The van der Waals surface area contributed by atoms with E-state index in [0.29, 0.717) is 11.5 Å². The van der Waals surface area contributed by atoms with Crippen molar-refractivity contribution < 1.29 is 9.13 Å². The van der Waals surface area contributed by atoms with Crippen LogP contribution in [0.5, 0.6) is 5.75 Å². The summed E-state index contributed by atoms with van der Waals surface area (Å²) in [6.45, 7) is 4.14. The van der Waals surface area contributed by atoms with Gasteiger partial charge in [-0.3, -0.25) is 0 Å². The van der Waals surface area contributed by atoms with E-state index in [1.165, 1.54) is 18.5 Å². The highest BCUT2D eigenvalue weighted by atomic mass is 19.1. The van der Waals surface area contributed by atoms with E-state index < -0.39 is 5.82 Å². The number of nitrogen functional groups attached to an aromatic ring is 1. The second kappa shape index (κ2) is 5.03. The standard InChI is InChI=1S/C12H15FN4O/c1-8(2)17-12(15-7-16-17)6-18-11-4-3-9(14)5-10(11)13/h3-5,7-8H,6,14H2,1-2H3. The summed E-state index contributed by atoms with van der Waals surface area (Å²) in [6, 6.07) is 4.50. The number of hydrogen-bond acceptors (Lipinski definition) is 4. The largest absolute Gasteiger partial charge is 0.483 e. The summed E-state index contributed by atoms with van der Waals surface area (Å²) in [7, 11) is 0. The average Bonchev–Trinajstić information content (AvgIpc) is 2.76. The molecule has 2 aromatic rings. The molecule has 0 aliphatic rings. The molecule has 18 heavy (non-hydrogen) atoms. The topological polar surface area (TPSA) is 66.0 Å². The monoisotopic (exact) mass is 250 g/mol. The first-order valence-electron chi connectivity index (χ1n) is 5.64. The Bertz CT molecular complexity index is 539. The van der Waals surface area contributed by atoms with Crippen LogP contribution in [0.25, 0.3) is 0 Å². The fraction of sp³-hybridized carbons (Fsp3) is 0.333. The van der Waals surface area contributed by atoms with E-state index in [1.807, 2.05) is 13.8 Å². The van der Waals surface area contributed by atoms with E-state index in [9.17, 15) is 4.39 Å². The van der Waals surface area contributed by atoms with Gasteiger partial charge in [-0.05, 0) is 26.0 Å². The van der Waals surface area contributed by atoms with Gasteiger partial charge in [-0.2, -0.15) is 5.10 Å². The molecule has 1 heterocycles. The summed E-state index contributed by atoms with van der Waals surface area (Å²) < 4.78 is 20.6. The van der Waals surface area contributed by atoms with Gasteiger partial charge in [0.2, 0.25) is 0 Å². The van der Waals surface area contributed by atoms with Gasteiger partial charge in [-0.25, -0.2) is 14.1 Å². The van der Waals surface area contributed by atoms with Gasteiger partial charge in [-0.15, -0.1) is 0 Å². The smallest absolute Gasteiger partial charge is 0.167 e. The first-order valence-corrected chi connectivity index (χ1v) is 5.64. The minimum atomic E-state index is -0.481. The third-order valence-corrected chi connectivity index (χ3v) is 2.45. The lowest BCUT2D eigenvalue weighted by Gasteiger charge is -2.11. The Balaban J connectivity index is 2.09. The molecule has 0 fully saturated rings. The Hall–Kier alpha value is -2.11. The number of benzene rings is 1. The van der Waals surface area contributed by atoms with Crippen molar-refractivity contribution in [3.8, 4) is 5.75 Å². The normalized spacial score (nSPS) is 10.9. The SMILES string of the molecule is CC(C)n1ncnc1COc1ccc(N)cc1F. The summed E-state index contributed by atoms with van der Waals surface area (Å²) in [5, 5.41) is 4.08. The molecule has 6 heteroatoms. The van der Waals surface area contributed by atoms with Crippen molar-refractivity contribution >= 4 is 5.69 Å². The van der Waals surface area contributed by atoms with E-state index >= 15 is 0 Å². The lowest BCUT2D eigenvalue weighted by atomic mass is 10.3. The van der Waals surface area contributed by atoms with Gasteiger partial charge in [0.15, 0.2) is 17.4 Å². The Morgan fingerprint density at radius 3 is 2.89 bits per heavy atom. The summed E-state index contributed by atoms with van der Waals surface area (Å²) in [6.07, 6.45) is 1.46. The molecule has 0 unspecified atom stereocenters. The van der Waals surface area contributed by atoms with Crippen LogP contribution in [0.4, 0.5) is 10.1 Å². The molecule has 0 aliphatic carbocycles. The predicted molar refractivity (Wildman–Crippen MR) is 65.6 cm³/mol. The predicted octanol–water partition coefficient (Wildman–Crippen LogP) is 2.16. The molecule has 0 atom stereocenters. The first kappa shape index (κ1) is 12.3. The zero-order chi connectivity index (χ0) is 13.1. The lowest BCUT2D eigenvalue weighted by Crippen LogP contribution is -2.11. The Labute approximate surface area is 104 Å². The molecule has 0 saturated heterocycles. The molecule has 96 valence electrons. The molecule has 0 spiro atoms. The highest BCUT2D eigenvalue weighted by Crippen LogP contribution is 2.20. The molecule has 5 nitrogen and oxygen atoms in total. The van der Waals surface area contributed by atoms with Gasteiger partial charge >= 0.3 is 0 Å². The number of nitrogens with zero attached hydrogens (tertiary/aromatic N) is 3. The lowest BCUT2D eigenvalue weighted by molar-refractivity contribution is 0.269. The van der Waals surface area contributed by atoms with Gasteiger partial charge in [0.05, 0.1) is 0 Å². The van der Waals surface area contributed by atoms with Crippen LogP contribution in [-0.4, -0.2) is 14.8 Å². The zero-order valence-electron chi connectivity index (χ0n) is 10.3. The van der Waals surface area contributed by atoms with Crippen molar-refractivity contribution in [3.05, 3.63) is 36.2 Å². The number of rotatable bonds is 4. The highest BCUT2D eigenvalue weighted by molar-refractivity contribution is 5.42. The van der Waals surface area contributed by atoms with Crippen LogP contribution >= 0.6 is 0 Å². The van der Waals surface area contributed by atoms with Crippen molar-refractivity contribution in [2.24, 2.45) is 0 Å². The van der Waals surface area contributed by atoms with Gasteiger partial charge in [0.1, 0.15) is 12.9 Å². The van der Waals surface area contributed by atoms with Crippen LogP contribution in [-0.2, 0) is 6.61 Å². The maximum atomic E-state index is 13.5. The minimum absolute atomic E-state index is 0.155. The average molecular weight is 250 g/mol. The first-order chi connectivity index (χ1) is 8.58. The van der Waals surface area contributed by atoms with Crippen molar-refractivity contribution in [1.29, 1.82) is 0 Å². The second-order valence-corrected chi connectivity index (χ2v) is 4.19. The van der Waals surface area contributed by atoms with Crippen LogP contribution in [0.1, 0.15) is 25.7 Å². The molecule has 0 aliphatic heterocycles. The molecule has 2 rings (SSSR count). The fourth-order valence-electron chi connectivity index (χ4n) is 1.59. The molecule has 0 amide bonds. The van der Waals surface area contributed by atoms with E-state index in [1.54, 1.807) is 10.7 Å². The van der Waals surface area contributed by atoms with E-state index in [-0.39, 0.29) is 18.4 Å². The number of anilines is 1. The third-order valence-electron chi connectivity index (χ3n) is 2.45. The summed E-state index contributed by atoms with van der Waals surface area (Å²) >= 11 is 0. The maximum absolute atomic E-state index is 13.5. The van der Waals surface area contributed by atoms with Gasteiger partial charge in [0, 0.05) is 17.8 Å². The second-order valence-electron chi connectivity index (χ2n) is 4.19. The van der Waals surface area contributed by atoms with Crippen molar-refractivity contribution in [2.75, 3.05) is 5.73 Å². The zero-order valence-corrected chi connectivity index (χ0v) is 10.3. The van der Waals surface area contributed by atoms with Crippen LogP contribution in [0.15, 0.2) is 24.5 Å². The molecular weight excluding hydrogens is 235 g/mol. The van der Waals surface area contributed by atoms with E-state index in [2.05, 4.69) is 10.1 Å².